The minimum Gasteiger partial charge on any atom is -0.348 e. The van der Waals surface area contributed by atoms with Crippen LogP contribution < -0.4 is 10.5 Å². The molecule has 0 atom stereocenters. The van der Waals surface area contributed by atoms with Crippen molar-refractivity contribution < 1.29 is 18.0 Å². The van der Waals surface area contributed by atoms with Gasteiger partial charge < -0.3 is 9.88 Å². The highest BCUT2D eigenvalue weighted by molar-refractivity contribution is 7.99. The summed E-state index contributed by atoms with van der Waals surface area (Å²) in [5.74, 6) is -0.401. The van der Waals surface area contributed by atoms with Gasteiger partial charge in [-0.25, -0.2) is 9.97 Å². The van der Waals surface area contributed by atoms with E-state index in [1.165, 1.54) is 24.0 Å². The van der Waals surface area contributed by atoms with Crippen molar-refractivity contribution in [3.8, 4) is 0 Å². The number of thioether (sulfide) groups is 1. The fraction of sp³-hybridized carbons (Fsp3) is 0.467. The Hall–Kier alpha value is -1.88. The van der Waals surface area contributed by atoms with E-state index in [2.05, 4.69) is 19.9 Å². The molecule has 0 radical (unpaired) electrons. The average Bonchev–Trinajstić information content (AvgIpc) is 3.09. The highest BCUT2D eigenvalue weighted by Crippen LogP contribution is 2.29. The number of thiazole rings is 1. The van der Waals surface area contributed by atoms with Gasteiger partial charge in [0.05, 0.1) is 16.8 Å². The molecular formula is C15H15F3N4O2S2. The zero-order chi connectivity index (χ0) is 18.7. The predicted molar refractivity (Wildman–Crippen MR) is 93.1 cm³/mol. The lowest BCUT2D eigenvalue weighted by molar-refractivity contribution is -0.141. The first-order chi connectivity index (χ1) is 12.3. The second kappa shape index (κ2) is 7.78. The largest absolute Gasteiger partial charge is 0.433 e. The number of anilines is 1. The van der Waals surface area contributed by atoms with Gasteiger partial charge in [-0.1, -0.05) is 23.1 Å². The molecule has 140 valence electrons. The maximum atomic E-state index is 12.7. The summed E-state index contributed by atoms with van der Waals surface area (Å²) in [7, 11) is 0. The number of alkyl halides is 3. The molecule has 6 nitrogen and oxygen atoms in total. The van der Waals surface area contributed by atoms with Gasteiger partial charge in [0.15, 0.2) is 21.8 Å². The summed E-state index contributed by atoms with van der Waals surface area (Å²) in [6.07, 6.45) is 0.140. The number of piperidine rings is 1. The van der Waals surface area contributed by atoms with Crippen molar-refractivity contribution in [2.45, 2.75) is 30.6 Å². The molecule has 1 aliphatic heterocycles. The van der Waals surface area contributed by atoms with E-state index in [1.54, 1.807) is 0 Å². The molecule has 0 bridgehead atoms. The van der Waals surface area contributed by atoms with E-state index < -0.39 is 17.4 Å². The Kier molecular flexibility index (Phi) is 5.66. The van der Waals surface area contributed by atoms with Crippen molar-refractivity contribution in [2.75, 3.05) is 23.7 Å². The van der Waals surface area contributed by atoms with Crippen LogP contribution in [0.1, 0.15) is 34.6 Å². The summed E-state index contributed by atoms with van der Waals surface area (Å²) in [5, 5.41) is 0.544. The second-order valence-corrected chi connectivity index (χ2v) is 7.67. The molecular weight excluding hydrogens is 389 g/mol. The van der Waals surface area contributed by atoms with Gasteiger partial charge in [-0.05, 0) is 19.3 Å². The molecule has 3 heterocycles. The number of Topliss-reactive ketones (excluding diaryl/α,β-unsaturated/α-hetero) is 1. The average molecular weight is 404 g/mol. The molecule has 0 aromatic carbocycles. The van der Waals surface area contributed by atoms with Crippen LogP contribution in [0.25, 0.3) is 0 Å². The third kappa shape index (κ3) is 4.64. The highest BCUT2D eigenvalue weighted by Gasteiger charge is 2.33. The van der Waals surface area contributed by atoms with Crippen LogP contribution in [0.5, 0.6) is 0 Å². The molecule has 2 aromatic heterocycles. The van der Waals surface area contributed by atoms with Crippen LogP contribution in [0.15, 0.2) is 22.2 Å². The Bertz CT molecular complexity index is 844. The van der Waals surface area contributed by atoms with E-state index in [1.807, 2.05) is 0 Å². The fourth-order valence-corrected chi connectivity index (χ4v) is 4.23. The Morgan fingerprint density at radius 3 is 2.73 bits per heavy atom. The van der Waals surface area contributed by atoms with Crippen LogP contribution in [-0.2, 0) is 6.18 Å². The number of aromatic amines is 1. The molecule has 0 spiro atoms. The van der Waals surface area contributed by atoms with Crippen LogP contribution in [0, 0.1) is 0 Å². The summed E-state index contributed by atoms with van der Waals surface area (Å²) in [4.78, 5) is 36.0. The molecule has 1 fully saturated rings. The van der Waals surface area contributed by atoms with Crippen molar-refractivity contribution in [2.24, 2.45) is 0 Å². The van der Waals surface area contributed by atoms with E-state index >= 15 is 0 Å². The van der Waals surface area contributed by atoms with Gasteiger partial charge in [-0.2, -0.15) is 13.2 Å². The summed E-state index contributed by atoms with van der Waals surface area (Å²) in [5.41, 5.74) is -2.19. The molecule has 3 rings (SSSR count). The maximum absolute atomic E-state index is 12.7. The Balaban J connectivity index is 1.65. The number of nitrogens with zero attached hydrogens (tertiary/aromatic N) is 3. The van der Waals surface area contributed by atoms with E-state index in [-0.39, 0.29) is 16.7 Å². The summed E-state index contributed by atoms with van der Waals surface area (Å²) >= 11 is 2.03. The summed E-state index contributed by atoms with van der Waals surface area (Å²) < 4.78 is 38.1. The van der Waals surface area contributed by atoms with E-state index in [4.69, 9.17) is 0 Å². The molecule has 2 aromatic rings. The molecule has 0 aliphatic carbocycles. The van der Waals surface area contributed by atoms with Gasteiger partial charge in [0.25, 0.3) is 5.56 Å². The minimum absolute atomic E-state index is 0.133. The Morgan fingerprint density at radius 1 is 1.31 bits per heavy atom. The number of carbonyl (C=O) groups excluding carboxylic acids is 1. The van der Waals surface area contributed by atoms with Gasteiger partial charge in [-0.15, -0.1) is 0 Å². The molecule has 26 heavy (non-hydrogen) atoms. The first-order valence-corrected chi connectivity index (χ1v) is 9.68. The molecule has 0 saturated carbocycles. The normalized spacial score (nSPS) is 15.3. The van der Waals surface area contributed by atoms with Gasteiger partial charge in [0.2, 0.25) is 0 Å². The van der Waals surface area contributed by atoms with Crippen molar-refractivity contribution in [3.63, 3.8) is 0 Å². The monoisotopic (exact) mass is 404 g/mol. The zero-order valence-electron chi connectivity index (χ0n) is 13.5. The van der Waals surface area contributed by atoms with Crippen LogP contribution in [-0.4, -0.2) is 39.6 Å². The number of ketones is 1. The van der Waals surface area contributed by atoms with Gasteiger partial charge in [-0.3, -0.25) is 9.59 Å². The third-order valence-electron chi connectivity index (χ3n) is 3.75. The lowest BCUT2D eigenvalue weighted by Gasteiger charge is -2.25. The standard InChI is InChI=1S/C15H15F3N4O2S2/c16-15(17,18)11-6-12(24)21-13(20-11)25-8-9(23)10-7-19-14(26-10)22-4-2-1-3-5-22/h6-7H,1-5,8H2,(H,20,21,24). The summed E-state index contributed by atoms with van der Waals surface area (Å²) in [6, 6.07) is 0.389. The molecule has 1 saturated heterocycles. The van der Waals surface area contributed by atoms with E-state index in [9.17, 15) is 22.8 Å². The minimum atomic E-state index is -4.71. The number of halogens is 3. The third-order valence-corrected chi connectivity index (χ3v) is 5.72. The highest BCUT2D eigenvalue weighted by atomic mass is 32.2. The van der Waals surface area contributed by atoms with Gasteiger partial charge in [0, 0.05) is 19.2 Å². The SMILES string of the molecule is O=C(CSc1nc(C(F)(F)F)cc(=O)[nH]1)c1cnc(N2CCCCC2)s1. The van der Waals surface area contributed by atoms with Gasteiger partial charge >= 0.3 is 6.18 Å². The van der Waals surface area contributed by atoms with Crippen molar-refractivity contribution in [1.82, 2.24) is 15.0 Å². The second-order valence-electron chi connectivity index (χ2n) is 5.70. The number of hydrogen-bond donors (Lipinski definition) is 1. The van der Waals surface area contributed by atoms with Crippen LogP contribution in [0.4, 0.5) is 18.3 Å². The van der Waals surface area contributed by atoms with Crippen LogP contribution >= 0.6 is 23.1 Å². The van der Waals surface area contributed by atoms with Crippen LogP contribution in [0.2, 0.25) is 0 Å². The fourth-order valence-electron chi connectivity index (χ4n) is 2.48. The Morgan fingerprint density at radius 2 is 2.04 bits per heavy atom. The maximum Gasteiger partial charge on any atom is 0.433 e. The van der Waals surface area contributed by atoms with Crippen molar-refractivity contribution in [1.29, 1.82) is 0 Å². The number of aromatic nitrogens is 3. The topological polar surface area (TPSA) is 79.0 Å². The summed E-state index contributed by atoms with van der Waals surface area (Å²) in [6.45, 7) is 1.82. The van der Waals surface area contributed by atoms with Crippen molar-refractivity contribution >= 4 is 34.0 Å². The first-order valence-electron chi connectivity index (χ1n) is 7.88. The number of hydrogen-bond acceptors (Lipinski definition) is 7. The molecule has 11 heteroatoms. The van der Waals surface area contributed by atoms with Crippen molar-refractivity contribution in [3.05, 3.63) is 33.2 Å². The zero-order valence-corrected chi connectivity index (χ0v) is 15.1. The van der Waals surface area contributed by atoms with E-state index in [0.717, 1.165) is 42.8 Å². The Labute approximate surface area is 154 Å². The molecule has 1 N–H and O–H groups in total. The molecule has 0 amide bonds. The lowest BCUT2D eigenvalue weighted by Crippen LogP contribution is -2.29. The first kappa shape index (κ1) is 18.9. The number of rotatable bonds is 5. The molecule has 1 aliphatic rings. The predicted octanol–water partition coefficient (Wildman–Crippen LogP) is 3.21. The number of carbonyl (C=O) groups is 1. The smallest absolute Gasteiger partial charge is 0.348 e. The van der Waals surface area contributed by atoms with Crippen LogP contribution in [0.3, 0.4) is 0 Å². The quantitative estimate of drug-likeness (QED) is 0.468. The lowest BCUT2D eigenvalue weighted by atomic mass is 10.1. The van der Waals surface area contributed by atoms with E-state index in [0.29, 0.717) is 10.9 Å². The number of nitrogens with one attached hydrogen (secondary N) is 1. The number of H-pyrrole nitrogens is 1. The molecule has 0 unspecified atom stereocenters. The van der Waals surface area contributed by atoms with Gasteiger partial charge in [0.1, 0.15) is 0 Å².